The molecule has 0 bridgehead atoms. The summed E-state index contributed by atoms with van der Waals surface area (Å²) in [6, 6.07) is 3.91. The number of carbonyl (C=O) groups excluding carboxylic acids is 1. The monoisotopic (exact) mass is 356 g/mol. The van der Waals surface area contributed by atoms with Crippen LogP contribution in [0.3, 0.4) is 0 Å². The number of piperidine rings is 1. The number of likely N-dealkylation sites (tertiary alicyclic amines) is 1. The average molecular weight is 356 g/mol. The van der Waals surface area contributed by atoms with Gasteiger partial charge in [0.2, 0.25) is 5.91 Å². The first-order valence-corrected chi connectivity index (χ1v) is 9.32. The quantitative estimate of drug-likeness (QED) is 0.720. The molecule has 7 nitrogen and oxygen atoms in total. The number of aryl methyl sites for hydroxylation is 2. The highest BCUT2D eigenvalue weighted by molar-refractivity contribution is 5.82. The van der Waals surface area contributed by atoms with Gasteiger partial charge < -0.3 is 9.32 Å². The van der Waals surface area contributed by atoms with Crippen molar-refractivity contribution in [1.29, 1.82) is 0 Å². The lowest BCUT2D eigenvalue weighted by Crippen LogP contribution is -2.42. The Kier molecular flexibility index (Phi) is 4.30. The second-order valence-electron chi connectivity index (χ2n) is 7.15. The third-order valence-corrected chi connectivity index (χ3v) is 5.35. The number of furan rings is 1. The number of fused-ring (bicyclic) bond motifs is 3. The molecule has 26 heavy (non-hydrogen) atoms. The Labute approximate surface area is 151 Å². The molecule has 0 radical (unpaired) electrons. The zero-order chi connectivity index (χ0) is 18.3. The summed E-state index contributed by atoms with van der Waals surface area (Å²) in [6.45, 7) is 5.28. The van der Waals surface area contributed by atoms with Crippen molar-refractivity contribution in [1.82, 2.24) is 19.1 Å². The van der Waals surface area contributed by atoms with E-state index in [0.29, 0.717) is 36.5 Å². The maximum Gasteiger partial charge on any atom is 0.291 e. The smallest absolute Gasteiger partial charge is 0.291 e. The molecule has 1 unspecified atom stereocenters. The van der Waals surface area contributed by atoms with Crippen molar-refractivity contribution in [3.05, 3.63) is 34.6 Å². The summed E-state index contributed by atoms with van der Waals surface area (Å²) in [5.41, 5.74) is 1.94. The lowest BCUT2D eigenvalue weighted by atomic mass is 10.0. The summed E-state index contributed by atoms with van der Waals surface area (Å²) in [7, 11) is 0. The van der Waals surface area contributed by atoms with E-state index >= 15 is 0 Å². The van der Waals surface area contributed by atoms with E-state index in [-0.39, 0.29) is 11.5 Å². The minimum atomic E-state index is -0.152. The van der Waals surface area contributed by atoms with Gasteiger partial charge in [-0.15, -0.1) is 0 Å². The van der Waals surface area contributed by atoms with Crippen LogP contribution >= 0.6 is 0 Å². The van der Waals surface area contributed by atoms with Crippen molar-refractivity contribution in [2.75, 3.05) is 6.54 Å². The molecule has 0 N–H and O–H groups in total. The minimum Gasteiger partial charge on any atom is -0.463 e. The topological polar surface area (TPSA) is 72.8 Å². The molecule has 1 aliphatic heterocycles. The molecule has 3 aromatic rings. The van der Waals surface area contributed by atoms with E-state index in [1.807, 2.05) is 22.3 Å². The molecule has 3 aromatic heterocycles. The Morgan fingerprint density at radius 1 is 1.35 bits per heavy atom. The predicted octanol–water partition coefficient (Wildman–Crippen LogP) is 2.73. The van der Waals surface area contributed by atoms with Crippen molar-refractivity contribution in [3.8, 4) is 0 Å². The first-order chi connectivity index (χ1) is 12.6. The molecule has 1 aliphatic rings. The van der Waals surface area contributed by atoms with Gasteiger partial charge in [0.15, 0.2) is 5.58 Å². The van der Waals surface area contributed by atoms with E-state index in [2.05, 4.69) is 12.0 Å². The second-order valence-corrected chi connectivity index (χ2v) is 7.15. The molecular weight excluding hydrogens is 332 g/mol. The fraction of sp³-hybridized carbons (Fsp3) is 0.526. The molecule has 4 heterocycles. The standard InChI is InChI=1S/C19H24N4O3/c1-13-6-3-4-9-21(13)18(24)7-5-10-22-19(25)16-12-17-15(8-11-26-17)23(16)14(2)20-22/h8,11-13H,3-7,9-10H2,1-2H3. The number of hydrogen-bond donors (Lipinski definition) is 0. The first kappa shape index (κ1) is 16.9. The number of hydrogen-bond acceptors (Lipinski definition) is 4. The summed E-state index contributed by atoms with van der Waals surface area (Å²) in [5, 5.41) is 4.43. The van der Waals surface area contributed by atoms with Crippen LogP contribution in [-0.2, 0) is 11.3 Å². The van der Waals surface area contributed by atoms with E-state index < -0.39 is 0 Å². The maximum atomic E-state index is 12.7. The molecule has 4 rings (SSSR count). The van der Waals surface area contributed by atoms with Crippen LogP contribution in [0.15, 0.2) is 27.6 Å². The summed E-state index contributed by atoms with van der Waals surface area (Å²) in [6.07, 6.45) is 6.03. The molecule has 1 fully saturated rings. The van der Waals surface area contributed by atoms with E-state index in [0.717, 1.165) is 30.7 Å². The van der Waals surface area contributed by atoms with Crippen molar-refractivity contribution < 1.29 is 9.21 Å². The maximum absolute atomic E-state index is 12.7. The molecule has 0 spiro atoms. The van der Waals surface area contributed by atoms with Gasteiger partial charge in [0.05, 0.1) is 11.8 Å². The number of nitrogens with zero attached hydrogens (tertiary/aromatic N) is 4. The normalized spacial score (nSPS) is 18.1. The Morgan fingerprint density at radius 3 is 3.00 bits per heavy atom. The summed E-state index contributed by atoms with van der Waals surface area (Å²) >= 11 is 0. The molecule has 0 aliphatic carbocycles. The lowest BCUT2D eigenvalue weighted by molar-refractivity contribution is -0.134. The van der Waals surface area contributed by atoms with E-state index in [1.54, 1.807) is 12.3 Å². The van der Waals surface area contributed by atoms with Gasteiger partial charge in [-0.2, -0.15) is 5.10 Å². The molecule has 1 atom stereocenters. The number of aromatic nitrogens is 3. The van der Waals surface area contributed by atoms with Gasteiger partial charge >= 0.3 is 0 Å². The third kappa shape index (κ3) is 2.81. The Balaban J connectivity index is 1.50. The molecule has 1 saturated heterocycles. The van der Waals surface area contributed by atoms with Crippen LogP contribution in [0, 0.1) is 6.92 Å². The second kappa shape index (κ2) is 6.63. The van der Waals surface area contributed by atoms with Gasteiger partial charge in [-0.25, -0.2) is 4.68 Å². The van der Waals surface area contributed by atoms with Crippen LogP contribution in [0.1, 0.15) is 44.9 Å². The molecular formula is C19H24N4O3. The first-order valence-electron chi connectivity index (χ1n) is 9.32. The van der Waals surface area contributed by atoms with Gasteiger partial charge in [0.25, 0.3) is 5.56 Å². The number of rotatable bonds is 4. The largest absolute Gasteiger partial charge is 0.463 e. The molecule has 1 amide bonds. The fourth-order valence-electron chi connectivity index (χ4n) is 3.97. The average Bonchev–Trinajstić information content (AvgIpc) is 3.20. The van der Waals surface area contributed by atoms with Crippen LogP contribution in [0.5, 0.6) is 0 Å². The highest BCUT2D eigenvalue weighted by Gasteiger charge is 2.22. The van der Waals surface area contributed by atoms with Gasteiger partial charge in [0, 0.05) is 37.7 Å². The van der Waals surface area contributed by atoms with Crippen molar-refractivity contribution >= 4 is 22.5 Å². The number of carbonyl (C=O) groups is 1. The summed E-state index contributed by atoms with van der Waals surface area (Å²) < 4.78 is 8.68. The van der Waals surface area contributed by atoms with Gasteiger partial charge in [-0.05, 0) is 39.5 Å². The van der Waals surface area contributed by atoms with Crippen LogP contribution in [0.2, 0.25) is 0 Å². The van der Waals surface area contributed by atoms with Crippen molar-refractivity contribution in [3.63, 3.8) is 0 Å². The fourth-order valence-corrected chi connectivity index (χ4v) is 3.97. The van der Waals surface area contributed by atoms with Crippen molar-refractivity contribution in [2.24, 2.45) is 0 Å². The van der Waals surface area contributed by atoms with Gasteiger partial charge in [-0.1, -0.05) is 0 Å². The third-order valence-electron chi connectivity index (χ3n) is 5.35. The van der Waals surface area contributed by atoms with Gasteiger partial charge in [0.1, 0.15) is 11.3 Å². The van der Waals surface area contributed by atoms with Crippen LogP contribution < -0.4 is 5.56 Å². The highest BCUT2D eigenvalue weighted by atomic mass is 16.3. The Hall–Kier alpha value is -2.57. The minimum absolute atomic E-state index is 0.152. The molecule has 0 aromatic carbocycles. The number of amides is 1. The predicted molar refractivity (Wildman–Crippen MR) is 98.2 cm³/mol. The Bertz CT molecular complexity index is 1010. The zero-order valence-corrected chi connectivity index (χ0v) is 15.3. The molecule has 7 heteroatoms. The summed E-state index contributed by atoms with van der Waals surface area (Å²) in [4.78, 5) is 27.1. The zero-order valence-electron chi connectivity index (χ0n) is 15.3. The molecule has 138 valence electrons. The van der Waals surface area contributed by atoms with Crippen molar-refractivity contribution in [2.45, 2.75) is 58.5 Å². The SMILES string of the molecule is Cc1nn(CCCC(=O)N2CCCCC2C)c(=O)c2cc3occc3n12. The Morgan fingerprint density at radius 2 is 2.19 bits per heavy atom. The highest BCUT2D eigenvalue weighted by Crippen LogP contribution is 2.20. The summed E-state index contributed by atoms with van der Waals surface area (Å²) in [5.74, 6) is 0.912. The van der Waals surface area contributed by atoms with E-state index in [4.69, 9.17) is 4.42 Å². The van der Waals surface area contributed by atoms with Crippen LogP contribution in [-0.4, -0.2) is 37.6 Å². The van der Waals surface area contributed by atoms with E-state index in [1.165, 1.54) is 11.1 Å². The molecule has 0 saturated carbocycles. The van der Waals surface area contributed by atoms with E-state index in [9.17, 15) is 9.59 Å². The lowest BCUT2D eigenvalue weighted by Gasteiger charge is -2.33. The van der Waals surface area contributed by atoms with Gasteiger partial charge in [-0.3, -0.25) is 14.0 Å². The van der Waals surface area contributed by atoms with Crippen LogP contribution in [0.25, 0.3) is 16.6 Å². The van der Waals surface area contributed by atoms with Crippen LogP contribution in [0.4, 0.5) is 0 Å².